The lowest BCUT2D eigenvalue weighted by molar-refractivity contribution is -0.135. The van der Waals surface area contributed by atoms with Crippen LogP contribution in [0.15, 0.2) is 54.6 Å². The molecule has 1 heterocycles. The molecule has 2 aliphatic rings. The summed E-state index contributed by atoms with van der Waals surface area (Å²) in [4.78, 5) is 24.4. The van der Waals surface area contributed by atoms with E-state index in [1.54, 1.807) is 6.07 Å². The van der Waals surface area contributed by atoms with E-state index >= 15 is 0 Å². The lowest BCUT2D eigenvalue weighted by Gasteiger charge is -2.28. The summed E-state index contributed by atoms with van der Waals surface area (Å²) in [5.74, 6) is -0.333. The Morgan fingerprint density at radius 2 is 1.86 bits per heavy atom. The van der Waals surface area contributed by atoms with E-state index < -0.39 is 27.3 Å². The van der Waals surface area contributed by atoms with Crippen LogP contribution in [-0.4, -0.2) is 33.9 Å². The average Bonchev–Trinajstić information content (AvgIpc) is 3.63. The summed E-state index contributed by atoms with van der Waals surface area (Å²) in [5.41, 5.74) is 1.52. The molecule has 192 valence electrons. The number of likely N-dealkylation sites (N-methyl/N-ethyl adjacent to an activating group) is 1. The molecule has 1 saturated carbocycles. The second-order valence-electron chi connectivity index (χ2n) is 9.34. The van der Waals surface area contributed by atoms with Gasteiger partial charge in [-0.15, -0.1) is 0 Å². The van der Waals surface area contributed by atoms with Gasteiger partial charge in [0, 0.05) is 30.7 Å². The molecule has 1 aliphatic heterocycles. The van der Waals surface area contributed by atoms with Gasteiger partial charge in [-0.05, 0) is 66.3 Å². The van der Waals surface area contributed by atoms with Crippen LogP contribution in [0, 0.1) is 5.82 Å². The fourth-order valence-electron chi connectivity index (χ4n) is 4.84. The summed E-state index contributed by atoms with van der Waals surface area (Å²) in [6, 6.07) is 13.5. The van der Waals surface area contributed by atoms with Crippen LogP contribution >= 0.6 is 11.6 Å². The van der Waals surface area contributed by atoms with E-state index in [4.69, 9.17) is 16.3 Å². The third kappa shape index (κ3) is 4.46. The summed E-state index contributed by atoms with van der Waals surface area (Å²) < 4.78 is 47.3. The molecule has 37 heavy (non-hydrogen) atoms. The Morgan fingerprint density at radius 3 is 2.43 bits per heavy atom. The Balaban J connectivity index is 1.67. The minimum atomic E-state index is -3.85. The number of halogens is 2. The van der Waals surface area contributed by atoms with Crippen molar-refractivity contribution in [2.75, 3.05) is 17.6 Å². The van der Waals surface area contributed by atoms with Gasteiger partial charge in [-0.1, -0.05) is 23.7 Å². The van der Waals surface area contributed by atoms with Gasteiger partial charge < -0.3 is 10.1 Å². The van der Waals surface area contributed by atoms with Gasteiger partial charge >= 0.3 is 0 Å². The second kappa shape index (κ2) is 9.15. The van der Waals surface area contributed by atoms with Crippen molar-refractivity contribution >= 4 is 45.2 Å². The maximum atomic E-state index is 13.7. The maximum Gasteiger partial charge on any atom is 0.269 e. The molecular formula is C27H24ClFN2O5S. The number of benzene rings is 3. The summed E-state index contributed by atoms with van der Waals surface area (Å²) in [5, 5.41) is 2.77. The van der Waals surface area contributed by atoms with Crippen LogP contribution < -0.4 is 14.4 Å². The molecule has 3 aromatic rings. The first-order valence-electron chi connectivity index (χ1n) is 11.7. The highest BCUT2D eigenvalue weighted by Crippen LogP contribution is 2.52. The van der Waals surface area contributed by atoms with Gasteiger partial charge in [0.25, 0.3) is 5.91 Å². The zero-order valence-electron chi connectivity index (χ0n) is 20.1. The van der Waals surface area contributed by atoms with Crippen LogP contribution in [-0.2, 0) is 26.8 Å². The number of nitrogens with zero attached hydrogens (tertiary/aromatic N) is 1. The summed E-state index contributed by atoms with van der Waals surface area (Å²) >= 11 is 6.24. The van der Waals surface area contributed by atoms with Crippen molar-refractivity contribution in [3.63, 3.8) is 0 Å². The Labute approximate surface area is 219 Å². The van der Waals surface area contributed by atoms with Crippen molar-refractivity contribution in [1.82, 2.24) is 5.32 Å². The van der Waals surface area contributed by atoms with Crippen molar-refractivity contribution in [2.24, 2.45) is 0 Å². The topological polar surface area (TPSA) is 92.8 Å². The molecule has 1 fully saturated rings. The summed E-state index contributed by atoms with van der Waals surface area (Å²) in [7, 11) is -2.35. The van der Waals surface area contributed by atoms with Crippen LogP contribution in [0.4, 0.5) is 15.8 Å². The van der Waals surface area contributed by atoms with Gasteiger partial charge in [-0.25, -0.2) is 17.1 Å². The average molecular weight is 543 g/mol. The molecule has 0 aromatic heterocycles. The second-order valence-corrected chi connectivity index (χ2v) is 11.6. The predicted octanol–water partition coefficient (Wildman–Crippen LogP) is 4.84. The molecule has 5 rings (SSSR count). The fourth-order valence-corrected chi connectivity index (χ4v) is 6.07. The SMILES string of the molecule is CNC(=O)C1(c2ccc(F)cc2)Cc2cc(C3CC3)c(N(c3ccc(C=O)c(Cl)c3)S(C)(=O)=O)cc2O1. The van der Waals surface area contributed by atoms with E-state index in [-0.39, 0.29) is 28.6 Å². The minimum absolute atomic E-state index is 0.126. The first-order valence-corrected chi connectivity index (χ1v) is 13.9. The molecule has 0 bridgehead atoms. The fraction of sp³-hybridized carbons (Fsp3) is 0.259. The van der Waals surface area contributed by atoms with Crippen LogP contribution in [0.1, 0.15) is 45.8 Å². The van der Waals surface area contributed by atoms with Crippen LogP contribution in [0.3, 0.4) is 0 Å². The highest BCUT2D eigenvalue weighted by Gasteiger charge is 2.48. The van der Waals surface area contributed by atoms with E-state index in [2.05, 4.69) is 5.32 Å². The molecule has 7 nitrogen and oxygen atoms in total. The van der Waals surface area contributed by atoms with Crippen molar-refractivity contribution < 1.29 is 27.1 Å². The van der Waals surface area contributed by atoms with Gasteiger partial charge in [0.15, 0.2) is 6.29 Å². The third-order valence-electron chi connectivity index (χ3n) is 6.75. The van der Waals surface area contributed by atoms with E-state index in [0.717, 1.165) is 30.2 Å². The number of hydrogen-bond acceptors (Lipinski definition) is 5. The quantitative estimate of drug-likeness (QED) is 0.431. The number of fused-ring (bicyclic) bond motifs is 1. The van der Waals surface area contributed by atoms with E-state index in [9.17, 15) is 22.4 Å². The number of anilines is 2. The van der Waals surface area contributed by atoms with E-state index in [1.165, 1.54) is 53.8 Å². The summed E-state index contributed by atoms with van der Waals surface area (Å²) in [6.45, 7) is 0. The number of sulfonamides is 1. The number of rotatable bonds is 7. The molecule has 0 spiro atoms. The summed E-state index contributed by atoms with van der Waals surface area (Å²) in [6.07, 6.45) is 3.68. The zero-order chi connectivity index (χ0) is 26.5. The molecule has 1 atom stereocenters. The van der Waals surface area contributed by atoms with E-state index in [0.29, 0.717) is 23.3 Å². The highest BCUT2D eigenvalue weighted by molar-refractivity contribution is 7.92. The van der Waals surface area contributed by atoms with Crippen LogP contribution in [0.25, 0.3) is 0 Å². The molecule has 1 unspecified atom stereocenters. The van der Waals surface area contributed by atoms with Crippen molar-refractivity contribution in [3.8, 4) is 5.75 Å². The largest absolute Gasteiger partial charge is 0.472 e. The first-order chi connectivity index (χ1) is 17.6. The van der Waals surface area contributed by atoms with Gasteiger partial charge in [-0.3, -0.25) is 9.59 Å². The van der Waals surface area contributed by atoms with E-state index in [1.807, 2.05) is 6.07 Å². The number of carbonyl (C=O) groups is 2. The lowest BCUT2D eigenvalue weighted by atomic mass is 9.87. The van der Waals surface area contributed by atoms with Gasteiger partial charge in [-0.2, -0.15) is 0 Å². The number of carbonyl (C=O) groups excluding carboxylic acids is 2. The molecule has 1 aliphatic carbocycles. The zero-order valence-corrected chi connectivity index (χ0v) is 21.7. The number of ether oxygens (including phenoxy) is 1. The Kier molecular flexibility index (Phi) is 6.24. The maximum absolute atomic E-state index is 13.7. The molecule has 1 N–H and O–H groups in total. The van der Waals surface area contributed by atoms with Crippen molar-refractivity contribution in [2.45, 2.75) is 30.8 Å². The smallest absolute Gasteiger partial charge is 0.269 e. The van der Waals surface area contributed by atoms with Crippen molar-refractivity contribution in [3.05, 3.63) is 87.7 Å². The first kappa shape index (κ1) is 25.2. The van der Waals surface area contributed by atoms with Gasteiger partial charge in [0.1, 0.15) is 11.6 Å². The van der Waals surface area contributed by atoms with Gasteiger partial charge in [0.2, 0.25) is 15.6 Å². The number of aldehydes is 1. The molecule has 3 aromatic carbocycles. The number of hydrogen-bond donors (Lipinski definition) is 1. The molecule has 1 amide bonds. The Bertz CT molecular complexity index is 1520. The number of nitrogens with one attached hydrogen (secondary N) is 1. The Morgan fingerprint density at radius 1 is 1.16 bits per heavy atom. The van der Waals surface area contributed by atoms with Gasteiger partial charge in [0.05, 0.1) is 22.7 Å². The molecular weight excluding hydrogens is 519 g/mol. The molecule has 0 radical (unpaired) electrons. The highest BCUT2D eigenvalue weighted by atomic mass is 35.5. The van der Waals surface area contributed by atoms with Crippen LogP contribution in [0.5, 0.6) is 5.75 Å². The predicted molar refractivity (Wildman–Crippen MR) is 139 cm³/mol. The monoisotopic (exact) mass is 542 g/mol. The Hall–Kier alpha value is -3.43. The standard InChI is InChI=1S/C27H24ClFN2O5S/c1-30-26(33)27(19-6-8-20(29)9-7-19)14-18-11-22(16-3-4-16)24(13-25(18)36-27)31(37(2,34)35)21-10-5-17(15-32)23(28)12-21/h5-13,15-16H,3-4,14H2,1-2H3,(H,30,33). The lowest BCUT2D eigenvalue weighted by Crippen LogP contribution is -2.46. The molecule has 10 heteroatoms. The third-order valence-corrected chi connectivity index (χ3v) is 8.15. The molecule has 0 saturated heterocycles. The van der Waals surface area contributed by atoms with Crippen molar-refractivity contribution in [1.29, 1.82) is 0 Å². The normalized spacial score (nSPS) is 18.6. The van der Waals surface area contributed by atoms with Crippen LogP contribution in [0.2, 0.25) is 5.02 Å². The number of amides is 1. The minimum Gasteiger partial charge on any atom is -0.472 e.